The van der Waals surface area contributed by atoms with Crippen LogP contribution in [0.4, 0.5) is 0 Å². The van der Waals surface area contributed by atoms with E-state index in [-0.39, 0.29) is 11.8 Å². The maximum atomic E-state index is 6.71. The summed E-state index contributed by atoms with van der Waals surface area (Å²) in [7, 11) is 0. The molecule has 0 radical (unpaired) electrons. The van der Waals surface area contributed by atoms with Gasteiger partial charge in [0.25, 0.3) is 0 Å². The molecule has 3 atom stereocenters. The zero-order valence-electron chi connectivity index (χ0n) is 30.7. The van der Waals surface area contributed by atoms with Crippen LogP contribution < -0.4 is 0 Å². The van der Waals surface area contributed by atoms with Crippen LogP contribution >= 0.6 is 0 Å². The molecular weight excluding hydrogens is 671 g/mol. The minimum Gasteiger partial charge on any atom is -0.457 e. The van der Waals surface area contributed by atoms with Crippen molar-refractivity contribution in [2.45, 2.75) is 37.5 Å². The summed E-state index contributed by atoms with van der Waals surface area (Å²) < 4.78 is 6.71. The molecule has 9 aromatic rings. The summed E-state index contributed by atoms with van der Waals surface area (Å²) in [5.74, 6) is 4.06. The van der Waals surface area contributed by atoms with E-state index in [0.717, 1.165) is 51.1 Å². The molecule has 0 saturated carbocycles. The van der Waals surface area contributed by atoms with Crippen LogP contribution in [-0.2, 0) is 5.41 Å². The van der Waals surface area contributed by atoms with Crippen LogP contribution in [-0.4, -0.2) is 15.0 Å². The molecule has 0 aliphatic heterocycles. The van der Waals surface area contributed by atoms with Crippen molar-refractivity contribution >= 4 is 55.2 Å². The van der Waals surface area contributed by atoms with Gasteiger partial charge in [-0.2, -0.15) is 0 Å². The van der Waals surface area contributed by atoms with Gasteiger partial charge in [0, 0.05) is 28.2 Å². The van der Waals surface area contributed by atoms with Gasteiger partial charge in [-0.3, -0.25) is 0 Å². The first-order valence-electron chi connectivity index (χ1n) is 19.2. The molecule has 2 aromatic heterocycles. The van der Waals surface area contributed by atoms with Crippen LogP contribution in [0.5, 0.6) is 0 Å². The lowest BCUT2D eigenvalue weighted by atomic mass is 9.63. The van der Waals surface area contributed by atoms with Crippen LogP contribution in [0.3, 0.4) is 0 Å². The summed E-state index contributed by atoms with van der Waals surface area (Å²) in [5.41, 5.74) is 4.87. The predicted octanol–water partition coefficient (Wildman–Crippen LogP) is 13.0. The lowest BCUT2D eigenvalue weighted by Crippen LogP contribution is -2.36. The van der Waals surface area contributed by atoms with Crippen molar-refractivity contribution < 1.29 is 4.42 Å². The van der Waals surface area contributed by atoms with Gasteiger partial charge in [0.2, 0.25) is 0 Å². The zero-order valence-corrected chi connectivity index (χ0v) is 30.7. The fourth-order valence-electron chi connectivity index (χ4n) is 9.30. The predicted molar refractivity (Wildman–Crippen MR) is 226 cm³/mol. The summed E-state index contributed by atoms with van der Waals surface area (Å²) in [6.45, 7) is 4.64. The number of aromatic nitrogens is 3. The average molecular weight is 708 g/mol. The van der Waals surface area contributed by atoms with E-state index in [0.29, 0.717) is 11.6 Å². The van der Waals surface area contributed by atoms with Crippen molar-refractivity contribution in [2.24, 2.45) is 0 Å². The van der Waals surface area contributed by atoms with Gasteiger partial charge in [-0.05, 0) is 92.2 Å². The van der Waals surface area contributed by atoms with Crippen molar-refractivity contribution in [3.63, 3.8) is 0 Å². The number of fused-ring (bicyclic) bond motifs is 8. The Labute approximate surface area is 319 Å². The maximum absolute atomic E-state index is 6.71. The van der Waals surface area contributed by atoms with Crippen molar-refractivity contribution in [3.8, 4) is 22.8 Å². The lowest BCUT2D eigenvalue weighted by molar-refractivity contribution is 0.452. The smallest absolute Gasteiger partial charge is 0.164 e. The molecule has 0 amide bonds. The highest BCUT2D eigenvalue weighted by molar-refractivity contribution is 6.13. The summed E-state index contributed by atoms with van der Waals surface area (Å²) >= 11 is 0. The number of furan rings is 1. The SMILES string of the molecule is CC1CC=Cc2oc3c(c21)C(C)(c1nc(-c2ccc4ccccc4c2)nc(-c2cc4ccccc4c4ccccc24)n1)C(c1ccc2ccccc2c1)C=C3. The number of benzene rings is 7. The Morgan fingerprint density at radius 1 is 0.582 bits per heavy atom. The van der Waals surface area contributed by atoms with E-state index < -0.39 is 5.41 Å². The summed E-state index contributed by atoms with van der Waals surface area (Å²) in [6, 6.07) is 49.9. The van der Waals surface area contributed by atoms with Gasteiger partial charge in [0.15, 0.2) is 11.6 Å². The Balaban J connectivity index is 1.23. The van der Waals surface area contributed by atoms with Gasteiger partial charge in [0.05, 0.1) is 5.41 Å². The topological polar surface area (TPSA) is 51.8 Å². The molecule has 0 N–H and O–H groups in total. The third-order valence-electron chi connectivity index (χ3n) is 12.1. The van der Waals surface area contributed by atoms with Crippen molar-refractivity contribution in [2.75, 3.05) is 0 Å². The number of rotatable bonds is 4. The average Bonchev–Trinajstić information content (AvgIpc) is 3.64. The van der Waals surface area contributed by atoms with Crippen LogP contribution in [0.25, 0.3) is 78.0 Å². The largest absolute Gasteiger partial charge is 0.457 e. The van der Waals surface area contributed by atoms with E-state index >= 15 is 0 Å². The zero-order chi connectivity index (χ0) is 36.7. The molecule has 55 heavy (non-hydrogen) atoms. The molecule has 7 aromatic carbocycles. The van der Waals surface area contributed by atoms with Gasteiger partial charge < -0.3 is 4.42 Å². The third-order valence-corrected chi connectivity index (χ3v) is 12.1. The highest BCUT2D eigenvalue weighted by Gasteiger charge is 2.48. The molecule has 11 rings (SSSR count). The molecule has 4 nitrogen and oxygen atoms in total. The summed E-state index contributed by atoms with van der Waals surface area (Å²) in [6.07, 6.45) is 9.81. The van der Waals surface area contributed by atoms with E-state index in [1.165, 1.54) is 43.6 Å². The first-order valence-corrected chi connectivity index (χ1v) is 19.2. The van der Waals surface area contributed by atoms with Crippen LogP contribution in [0, 0.1) is 0 Å². The van der Waals surface area contributed by atoms with Crippen LogP contribution in [0.1, 0.15) is 66.1 Å². The Morgan fingerprint density at radius 2 is 1.24 bits per heavy atom. The fraction of sp³-hybridized carbons (Fsp3) is 0.118. The van der Waals surface area contributed by atoms with E-state index in [1.807, 2.05) is 0 Å². The normalized spacial score (nSPS) is 18.9. The molecule has 0 fully saturated rings. The Morgan fingerprint density at radius 3 is 2.04 bits per heavy atom. The number of hydrogen-bond acceptors (Lipinski definition) is 4. The second kappa shape index (κ2) is 12.2. The van der Waals surface area contributed by atoms with Crippen molar-refractivity contribution in [3.05, 3.63) is 186 Å². The molecule has 262 valence electrons. The molecule has 4 heteroatoms. The number of hydrogen-bond donors (Lipinski definition) is 0. The minimum absolute atomic E-state index is 0.0857. The quantitative estimate of drug-likeness (QED) is 0.171. The third kappa shape index (κ3) is 4.94. The van der Waals surface area contributed by atoms with Gasteiger partial charge >= 0.3 is 0 Å². The van der Waals surface area contributed by atoms with Gasteiger partial charge in [0.1, 0.15) is 17.3 Å². The van der Waals surface area contributed by atoms with Gasteiger partial charge in [-0.25, -0.2) is 15.0 Å². The summed E-state index contributed by atoms with van der Waals surface area (Å²) in [5, 5.41) is 9.41. The second-order valence-corrected chi connectivity index (χ2v) is 15.4. The van der Waals surface area contributed by atoms with Crippen LogP contribution in [0.15, 0.2) is 156 Å². The molecular formula is C51H37N3O. The van der Waals surface area contributed by atoms with Crippen LogP contribution in [0.2, 0.25) is 0 Å². The molecule has 2 aliphatic rings. The maximum Gasteiger partial charge on any atom is 0.164 e. The summed E-state index contributed by atoms with van der Waals surface area (Å²) in [4.78, 5) is 16.5. The van der Waals surface area contributed by atoms with E-state index in [1.54, 1.807) is 0 Å². The van der Waals surface area contributed by atoms with Gasteiger partial charge in [-0.15, -0.1) is 0 Å². The minimum atomic E-state index is -0.709. The van der Waals surface area contributed by atoms with E-state index in [4.69, 9.17) is 19.4 Å². The molecule has 0 saturated heterocycles. The highest BCUT2D eigenvalue weighted by atomic mass is 16.3. The molecule has 3 unspecified atom stereocenters. The first-order chi connectivity index (χ1) is 27.0. The Hall–Kier alpha value is -6.65. The highest BCUT2D eigenvalue weighted by Crippen LogP contribution is 2.54. The Bertz CT molecular complexity index is 3080. The molecule has 0 bridgehead atoms. The molecule has 0 spiro atoms. The van der Waals surface area contributed by atoms with Gasteiger partial charge in [-0.1, -0.05) is 146 Å². The standard InChI is InChI=1S/C51H37N3O/c1-31-12-11-21-44-46(31)47-45(55-44)27-26-43(37-24-22-32-13-3-5-15-34(32)28-37)51(47,2)50-53-48(38-25-23-33-14-4-6-16-35(33)29-38)52-49(54-50)42-30-36-17-7-8-18-39(36)40-19-9-10-20-41(40)42/h3-11,13-31,43H,12H2,1-2H3. The monoisotopic (exact) mass is 707 g/mol. The number of nitrogens with zero attached hydrogens (tertiary/aromatic N) is 3. The fourth-order valence-corrected chi connectivity index (χ4v) is 9.30. The first kappa shape index (κ1) is 31.8. The molecule has 2 heterocycles. The Kier molecular flexibility index (Phi) is 7.06. The molecule has 2 aliphatic carbocycles. The number of allylic oxidation sites excluding steroid dienone is 2. The van der Waals surface area contributed by atoms with E-state index in [2.05, 4.69) is 178 Å². The van der Waals surface area contributed by atoms with E-state index in [9.17, 15) is 0 Å². The van der Waals surface area contributed by atoms with Crippen molar-refractivity contribution in [1.82, 2.24) is 15.0 Å². The lowest BCUT2D eigenvalue weighted by Gasteiger charge is -2.39. The second-order valence-electron chi connectivity index (χ2n) is 15.4. The van der Waals surface area contributed by atoms with Crippen molar-refractivity contribution in [1.29, 1.82) is 0 Å².